The van der Waals surface area contributed by atoms with E-state index in [2.05, 4.69) is 25.6 Å². The Morgan fingerprint density at radius 1 is 1.21 bits per heavy atom. The summed E-state index contributed by atoms with van der Waals surface area (Å²) in [5, 5.41) is 25.0. The fraction of sp³-hybridized carbons (Fsp3) is 0.158. The molecule has 1 aliphatic rings. The number of nitriles is 2. The van der Waals surface area contributed by atoms with E-state index in [-0.39, 0.29) is 23.0 Å². The van der Waals surface area contributed by atoms with Crippen molar-refractivity contribution in [3.63, 3.8) is 0 Å². The Morgan fingerprint density at radius 2 is 2.00 bits per heavy atom. The maximum Gasteiger partial charge on any atom is 0.211 e. The normalized spacial score (nSPS) is 15.1. The molecule has 0 saturated carbocycles. The van der Waals surface area contributed by atoms with Gasteiger partial charge in [-0.25, -0.2) is 9.98 Å². The minimum absolute atomic E-state index is 0.0213. The van der Waals surface area contributed by atoms with Gasteiger partial charge in [0.25, 0.3) is 0 Å². The smallest absolute Gasteiger partial charge is 0.211 e. The lowest BCUT2D eigenvalue weighted by molar-refractivity contribution is 0.852. The number of fused-ring (bicyclic) bond motifs is 2. The zero-order valence-electron chi connectivity index (χ0n) is 15.3. The monoisotopic (exact) mass is 371 g/mol. The predicted molar refractivity (Wildman–Crippen MR) is 107 cm³/mol. The van der Waals surface area contributed by atoms with Gasteiger partial charge in [-0.1, -0.05) is 18.2 Å². The Morgan fingerprint density at radius 3 is 2.71 bits per heavy atom. The number of benzene rings is 1. The Balaban J connectivity index is 2.04. The Kier molecular flexibility index (Phi) is 3.79. The second kappa shape index (κ2) is 6.18. The summed E-state index contributed by atoms with van der Waals surface area (Å²) >= 11 is 0. The van der Waals surface area contributed by atoms with Crippen LogP contribution in [0.1, 0.15) is 34.0 Å². The van der Waals surface area contributed by atoms with Crippen molar-refractivity contribution in [1.82, 2.24) is 15.3 Å². The van der Waals surface area contributed by atoms with Gasteiger partial charge in [-0.2, -0.15) is 10.5 Å². The third-order valence-corrected chi connectivity index (χ3v) is 5.03. The lowest BCUT2D eigenvalue weighted by Crippen LogP contribution is -2.32. The van der Waals surface area contributed by atoms with Crippen LogP contribution >= 0.6 is 0 Å². The quantitative estimate of drug-likeness (QED) is 0.323. The zero-order chi connectivity index (χ0) is 20.0. The number of para-hydroxylation sites is 1. The van der Waals surface area contributed by atoms with E-state index in [1.54, 1.807) is 0 Å². The highest BCUT2D eigenvalue weighted by molar-refractivity contribution is 5.99. The lowest BCUT2D eigenvalue weighted by atomic mass is 9.93. The SMILES string of the molecule is Cc1[nH]c2c(C3N=C(NC#N)Nc4nc(N)c(C#N)c(N)c43)cccc2c1C. The van der Waals surface area contributed by atoms with Gasteiger partial charge in [0.05, 0.1) is 11.2 Å². The highest BCUT2D eigenvalue weighted by Gasteiger charge is 2.31. The number of aliphatic imine (C=N–C) groups is 1. The molecule has 9 nitrogen and oxygen atoms in total. The van der Waals surface area contributed by atoms with Crippen molar-refractivity contribution in [3.05, 3.63) is 46.1 Å². The highest BCUT2D eigenvalue weighted by Crippen LogP contribution is 2.42. The summed E-state index contributed by atoms with van der Waals surface area (Å²) < 4.78 is 0. The first kappa shape index (κ1) is 17.2. The molecule has 9 heteroatoms. The van der Waals surface area contributed by atoms with E-state index in [9.17, 15) is 5.26 Å². The molecule has 0 amide bonds. The van der Waals surface area contributed by atoms with Crippen molar-refractivity contribution in [2.45, 2.75) is 19.9 Å². The molecule has 1 aromatic carbocycles. The van der Waals surface area contributed by atoms with Crippen molar-refractivity contribution < 1.29 is 0 Å². The molecule has 0 radical (unpaired) electrons. The third-order valence-electron chi connectivity index (χ3n) is 5.03. The van der Waals surface area contributed by atoms with Crippen LogP contribution < -0.4 is 22.1 Å². The van der Waals surface area contributed by atoms with Crippen LogP contribution in [-0.4, -0.2) is 15.9 Å². The lowest BCUT2D eigenvalue weighted by Gasteiger charge is -2.26. The van der Waals surface area contributed by atoms with Gasteiger partial charge in [-0.05, 0) is 19.4 Å². The van der Waals surface area contributed by atoms with E-state index in [1.165, 1.54) is 0 Å². The molecule has 1 unspecified atom stereocenters. The van der Waals surface area contributed by atoms with Crippen LogP contribution in [0.15, 0.2) is 23.2 Å². The second-order valence-electron chi connectivity index (χ2n) is 6.55. The first-order valence-electron chi connectivity index (χ1n) is 8.52. The molecule has 7 N–H and O–H groups in total. The van der Waals surface area contributed by atoms with Gasteiger partial charge in [-0.15, -0.1) is 0 Å². The van der Waals surface area contributed by atoms with Crippen molar-refractivity contribution >= 4 is 34.2 Å². The number of hydrogen-bond donors (Lipinski definition) is 5. The molecule has 4 rings (SSSR count). The fourth-order valence-electron chi connectivity index (χ4n) is 3.54. The molecule has 3 heterocycles. The van der Waals surface area contributed by atoms with Crippen molar-refractivity contribution in [2.75, 3.05) is 16.8 Å². The molecule has 1 aliphatic heterocycles. The van der Waals surface area contributed by atoms with Crippen molar-refractivity contribution in [1.29, 1.82) is 10.5 Å². The summed E-state index contributed by atoms with van der Waals surface area (Å²) in [4.78, 5) is 12.3. The zero-order valence-corrected chi connectivity index (χ0v) is 15.3. The summed E-state index contributed by atoms with van der Waals surface area (Å²) in [7, 11) is 0. The van der Waals surface area contributed by atoms with Gasteiger partial charge < -0.3 is 21.8 Å². The molecular formula is C19H17N9. The van der Waals surface area contributed by atoms with E-state index in [1.807, 2.05) is 44.3 Å². The van der Waals surface area contributed by atoms with E-state index < -0.39 is 6.04 Å². The number of nitrogen functional groups attached to an aromatic ring is 2. The maximum atomic E-state index is 9.44. The number of nitrogens with one attached hydrogen (secondary N) is 3. The molecule has 138 valence electrons. The summed E-state index contributed by atoms with van der Waals surface area (Å²) in [6.07, 6.45) is 1.85. The number of hydrogen-bond acceptors (Lipinski definition) is 8. The van der Waals surface area contributed by atoms with Gasteiger partial charge in [0.1, 0.15) is 29.3 Å². The Hall–Kier alpha value is -4.24. The van der Waals surface area contributed by atoms with Crippen LogP contribution in [0.2, 0.25) is 0 Å². The van der Waals surface area contributed by atoms with Crippen LogP contribution in [0.4, 0.5) is 17.3 Å². The summed E-state index contributed by atoms with van der Waals surface area (Å²) in [6.45, 7) is 4.05. The number of pyridine rings is 1. The van der Waals surface area contributed by atoms with Crippen molar-refractivity contribution in [3.8, 4) is 12.3 Å². The number of H-pyrrole nitrogens is 1. The molecular weight excluding hydrogens is 354 g/mol. The van der Waals surface area contributed by atoms with Gasteiger partial charge in [0.15, 0.2) is 6.19 Å². The van der Waals surface area contributed by atoms with Gasteiger partial charge in [0, 0.05) is 22.2 Å². The summed E-state index contributed by atoms with van der Waals surface area (Å²) in [5.41, 5.74) is 17.0. The molecule has 2 aromatic heterocycles. The molecule has 0 fully saturated rings. The number of aromatic nitrogens is 2. The first-order chi connectivity index (χ1) is 13.5. The molecule has 0 bridgehead atoms. The largest absolute Gasteiger partial charge is 0.397 e. The first-order valence-corrected chi connectivity index (χ1v) is 8.52. The molecule has 0 saturated heterocycles. The fourth-order valence-corrected chi connectivity index (χ4v) is 3.54. The van der Waals surface area contributed by atoms with Gasteiger partial charge in [-0.3, -0.25) is 5.32 Å². The number of anilines is 3. The Labute approximate surface area is 160 Å². The number of aromatic amines is 1. The molecule has 0 spiro atoms. The van der Waals surface area contributed by atoms with E-state index >= 15 is 0 Å². The highest BCUT2D eigenvalue weighted by atomic mass is 15.2. The summed E-state index contributed by atoms with van der Waals surface area (Å²) in [6, 6.07) is 7.34. The molecule has 0 aliphatic carbocycles. The van der Waals surface area contributed by atoms with Crippen LogP contribution in [-0.2, 0) is 0 Å². The third kappa shape index (κ3) is 2.38. The minimum Gasteiger partial charge on any atom is -0.397 e. The van der Waals surface area contributed by atoms with Crippen LogP contribution in [0.5, 0.6) is 0 Å². The average Bonchev–Trinajstić information content (AvgIpc) is 2.96. The van der Waals surface area contributed by atoms with Crippen LogP contribution in [0.25, 0.3) is 10.9 Å². The second-order valence-corrected chi connectivity index (χ2v) is 6.55. The van der Waals surface area contributed by atoms with Crippen LogP contribution in [0.3, 0.4) is 0 Å². The minimum atomic E-state index is -0.576. The summed E-state index contributed by atoms with van der Waals surface area (Å²) in [5.74, 6) is 0.616. The molecule has 28 heavy (non-hydrogen) atoms. The van der Waals surface area contributed by atoms with Crippen molar-refractivity contribution in [2.24, 2.45) is 4.99 Å². The Bertz CT molecular complexity index is 1240. The van der Waals surface area contributed by atoms with E-state index in [0.29, 0.717) is 11.4 Å². The number of nitrogens with zero attached hydrogens (tertiary/aromatic N) is 4. The van der Waals surface area contributed by atoms with Gasteiger partial charge >= 0.3 is 0 Å². The molecule has 1 atom stereocenters. The van der Waals surface area contributed by atoms with E-state index in [4.69, 9.17) is 16.7 Å². The van der Waals surface area contributed by atoms with E-state index in [0.717, 1.165) is 27.7 Å². The standard InChI is InChI=1S/C19H17N9/c1-8-9(2)25-15-10(8)4-3-5-11(15)16-13-14(22)12(6-20)17(23)27-18(13)28-19(26-16)24-7-21/h3-5,16,25H,1-2H3,(H6,22,23,24,26,27,28). The number of guanidine groups is 1. The average molecular weight is 371 g/mol. The van der Waals surface area contributed by atoms with Gasteiger partial charge in [0.2, 0.25) is 5.96 Å². The number of aryl methyl sites for hydroxylation is 2. The number of rotatable bonds is 1. The molecule has 3 aromatic rings. The topological polar surface area (TPSA) is 165 Å². The van der Waals surface area contributed by atoms with Crippen LogP contribution in [0, 0.1) is 36.6 Å². The maximum absolute atomic E-state index is 9.44. The predicted octanol–water partition coefficient (Wildman–Crippen LogP) is 2.16. The number of nitrogens with two attached hydrogens (primary N) is 2.